The third kappa shape index (κ3) is 4.94. The van der Waals surface area contributed by atoms with E-state index < -0.39 is 10.0 Å². The van der Waals surface area contributed by atoms with E-state index >= 15 is 0 Å². The third-order valence-electron chi connectivity index (χ3n) is 2.64. The molecule has 0 spiro atoms. The quantitative estimate of drug-likeness (QED) is 0.761. The number of hydrogen-bond donors (Lipinski definition) is 2. The van der Waals surface area contributed by atoms with E-state index in [0.717, 1.165) is 0 Å². The summed E-state index contributed by atoms with van der Waals surface area (Å²) in [6.45, 7) is 2.46. The van der Waals surface area contributed by atoms with Crippen LogP contribution in [0.1, 0.15) is 11.1 Å². The van der Waals surface area contributed by atoms with Crippen LogP contribution in [0.3, 0.4) is 0 Å². The second-order valence-corrected chi connectivity index (χ2v) is 6.38. The Morgan fingerprint density at radius 3 is 2.65 bits per heavy atom. The normalized spacial score (nSPS) is 11.2. The summed E-state index contributed by atoms with van der Waals surface area (Å²) in [6.07, 6.45) is 0. The number of nitrogens with zero attached hydrogens (tertiary/aromatic N) is 1. The van der Waals surface area contributed by atoms with Crippen molar-refractivity contribution >= 4 is 10.0 Å². The smallest absolute Gasteiger partial charge is 0.240 e. The summed E-state index contributed by atoms with van der Waals surface area (Å²) < 4.78 is 27.0. The predicted molar refractivity (Wildman–Crippen MR) is 78.9 cm³/mol. The summed E-state index contributed by atoms with van der Waals surface area (Å²) in [4.78, 5) is 2.12. The molecule has 20 heavy (non-hydrogen) atoms. The van der Waals surface area contributed by atoms with Crippen molar-refractivity contribution in [2.24, 2.45) is 0 Å². The largest absolute Gasteiger partial charge is 0.384 e. The van der Waals surface area contributed by atoms with Crippen molar-refractivity contribution in [3.8, 4) is 11.8 Å². The maximum atomic E-state index is 12.2. The molecule has 0 aliphatic heterocycles. The minimum atomic E-state index is -3.54. The Hall–Kier alpha value is -1.39. The van der Waals surface area contributed by atoms with Gasteiger partial charge in [-0.25, -0.2) is 13.1 Å². The molecule has 0 bridgehead atoms. The molecule has 1 aromatic rings. The number of likely N-dealkylation sites (N-methyl/N-ethyl adjacent to an activating group) is 1. The second-order valence-electron chi connectivity index (χ2n) is 4.64. The van der Waals surface area contributed by atoms with Crippen LogP contribution in [0.4, 0.5) is 0 Å². The van der Waals surface area contributed by atoms with Crippen molar-refractivity contribution in [2.75, 3.05) is 33.8 Å². The van der Waals surface area contributed by atoms with Gasteiger partial charge in [-0.3, -0.25) is 0 Å². The number of rotatable bonds is 5. The van der Waals surface area contributed by atoms with Gasteiger partial charge in [0.2, 0.25) is 10.0 Å². The van der Waals surface area contributed by atoms with Gasteiger partial charge in [-0.2, -0.15) is 0 Å². The number of aryl methyl sites for hydroxylation is 1. The predicted octanol–water partition coefficient (Wildman–Crippen LogP) is 0.179. The van der Waals surface area contributed by atoms with Crippen LogP contribution >= 0.6 is 0 Å². The van der Waals surface area contributed by atoms with Crippen molar-refractivity contribution in [3.05, 3.63) is 29.3 Å². The van der Waals surface area contributed by atoms with Crippen molar-refractivity contribution in [3.63, 3.8) is 0 Å². The molecule has 2 N–H and O–H groups in total. The first kappa shape index (κ1) is 16.7. The van der Waals surface area contributed by atoms with E-state index in [2.05, 4.69) is 16.6 Å². The van der Waals surface area contributed by atoms with Gasteiger partial charge in [0.15, 0.2) is 0 Å². The zero-order chi connectivity index (χ0) is 15.2. The lowest BCUT2D eigenvalue weighted by molar-refractivity contribution is 0.350. The minimum Gasteiger partial charge on any atom is -0.384 e. The third-order valence-corrected chi connectivity index (χ3v) is 4.24. The van der Waals surface area contributed by atoms with Gasteiger partial charge in [-0.05, 0) is 38.7 Å². The molecule has 0 aliphatic rings. The average molecular weight is 296 g/mol. The molecule has 1 aromatic carbocycles. The van der Waals surface area contributed by atoms with Gasteiger partial charge in [0.1, 0.15) is 6.61 Å². The fourth-order valence-electron chi connectivity index (χ4n) is 1.59. The van der Waals surface area contributed by atoms with Crippen molar-refractivity contribution in [2.45, 2.75) is 11.8 Å². The molecule has 1 rings (SSSR count). The van der Waals surface area contributed by atoms with Crippen LogP contribution in [0.25, 0.3) is 0 Å². The molecule has 0 saturated carbocycles. The Morgan fingerprint density at radius 2 is 2.05 bits per heavy atom. The molecule has 5 nitrogen and oxygen atoms in total. The molecule has 6 heteroatoms. The highest BCUT2D eigenvalue weighted by Gasteiger charge is 2.16. The maximum absolute atomic E-state index is 12.2. The molecule has 0 radical (unpaired) electrons. The highest BCUT2D eigenvalue weighted by Crippen LogP contribution is 2.16. The van der Waals surface area contributed by atoms with Gasteiger partial charge >= 0.3 is 0 Å². The Labute approximate surface area is 120 Å². The highest BCUT2D eigenvalue weighted by molar-refractivity contribution is 7.89. The summed E-state index contributed by atoms with van der Waals surface area (Å²) >= 11 is 0. The van der Waals surface area contributed by atoms with Crippen LogP contribution in [-0.2, 0) is 10.0 Å². The fraction of sp³-hybridized carbons (Fsp3) is 0.429. The molecule has 110 valence electrons. The first-order valence-corrected chi connectivity index (χ1v) is 7.70. The van der Waals surface area contributed by atoms with Crippen LogP contribution in [0, 0.1) is 18.8 Å². The molecular weight excluding hydrogens is 276 g/mol. The van der Waals surface area contributed by atoms with Gasteiger partial charge < -0.3 is 10.0 Å². The van der Waals surface area contributed by atoms with Crippen LogP contribution in [0.15, 0.2) is 23.1 Å². The molecule has 0 saturated heterocycles. The summed E-state index contributed by atoms with van der Waals surface area (Å²) in [6, 6.07) is 4.97. The van der Waals surface area contributed by atoms with Crippen LogP contribution < -0.4 is 4.72 Å². The van der Waals surface area contributed by atoms with Gasteiger partial charge in [0.05, 0.1) is 4.90 Å². The number of nitrogens with one attached hydrogen (secondary N) is 1. The first-order valence-electron chi connectivity index (χ1n) is 6.21. The van der Waals surface area contributed by atoms with Gasteiger partial charge in [0, 0.05) is 18.7 Å². The van der Waals surface area contributed by atoms with E-state index in [1.807, 2.05) is 19.0 Å². The average Bonchev–Trinajstić information content (AvgIpc) is 2.36. The van der Waals surface area contributed by atoms with E-state index in [4.69, 9.17) is 5.11 Å². The zero-order valence-corrected chi connectivity index (χ0v) is 12.8. The van der Waals surface area contributed by atoms with Crippen molar-refractivity contribution in [1.82, 2.24) is 9.62 Å². The van der Waals surface area contributed by atoms with Gasteiger partial charge in [0.25, 0.3) is 0 Å². The molecular formula is C14H20N2O3S. The minimum absolute atomic E-state index is 0.223. The van der Waals surface area contributed by atoms with Gasteiger partial charge in [-0.1, -0.05) is 17.9 Å². The molecule has 0 amide bonds. The molecule has 0 unspecified atom stereocenters. The standard InChI is InChI=1S/C14H20N2O3S/c1-12-6-7-13(5-4-10-17)11-14(12)20(18,19)15-8-9-16(2)3/h6-7,11,15,17H,8-10H2,1-3H3. The van der Waals surface area contributed by atoms with Crippen LogP contribution in [0.5, 0.6) is 0 Å². The van der Waals surface area contributed by atoms with Crippen molar-refractivity contribution in [1.29, 1.82) is 0 Å². The highest BCUT2D eigenvalue weighted by atomic mass is 32.2. The summed E-state index contributed by atoms with van der Waals surface area (Å²) in [5, 5.41) is 8.67. The van der Waals surface area contributed by atoms with E-state index in [0.29, 0.717) is 24.2 Å². The second kappa shape index (κ2) is 7.41. The number of aliphatic hydroxyl groups excluding tert-OH is 1. The number of benzene rings is 1. The monoisotopic (exact) mass is 296 g/mol. The maximum Gasteiger partial charge on any atom is 0.240 e. The number of aliphatic hydroxyl groups is 1. The topological polar surface area (TPSA) is 69.6 Å². The van der Waals surface area contributed by atoms with E-state index in [-0.39, 0.29) is 11.5 Å². The first-order chi connectivity index (χ1) is 9.36. The zero-order valence-electron chi connectivity index (χ0n) is 12.0. The number of hydrogen-bond acceptors (Lipinski definition) is 4. The van der Waals surface area contributed by atoms with Crippen LogP contribution in [0.2, 0.25) is 0 Å². The fourth-order valence-corrected chi connectivity index (χ4v) is 2.88. The van der Waals surface area contributed by atoms with Crippen LogP contribution in [-0.4, -0.2) is 52.2 Å². The Bertz CT molecular complexity index is 613. The molecule has 0 fully saturated rings. The van der Waals surface area contributed by atoms with Crippen molar-refractivity contribution < 1.29 is 13.5 Å². The SMILES string of the molecule is Cc1ccc(C#CCO)cc1S(=O)(=O)NCCN(C)C. The van der Waals surface area contributed by atoms with Gasteiger partial charge in [-0.15, -0.1) is 0 Å². The van der Waals surface area contributed by atoms with E-state index in [9.17, 15) is 8.42 Å². The van der Waals surface area contributed by atoms with E-state index in [1.165, 1.54) is 6.07 Å². The molecule has 0 heterocycles. The molecule has 0 atom stereocenters. The number of sulfonamides is 1. The lowest BCUT2D eigenvalue weighted by Gasteiger charge is -2.12. The Kier molecular flexibility index (Phi) is 6.17. The lowest BCUT2D eigenvalue weighted by Crippen LogP contribution is -2.31. The van der Waals surface area contributed by atoms with E-state index in [1.54, 1.807) is 19.1 Å². The summed E-state index contributed by atoms with van der Waals surface area (Å²) in [5.74, 6) is 5.21. The molecule has 0 aromatic heterocycles. The molecule has 0 aliphatic carbocycles. The lowest BCUT2D eigenvalue weighted by atomic mass is 10.1. The summed E-state index contributed by atoms with van der Waals surface area (Å²) in [7, 11) is 0.218. The Morgan fingerprint density at radius 1 is 1.35 bits per heavy atom. The Balaban J connectivity index is 2.98. The summed E-state index contributed by atoms with van der Waals surface area (Å²) in [5.41, 5.74) is 1.23.